The highest BCUT2D eigenvalue weighted by molar-refractivity contribution is 6.08. The lowest BCUT2D eigenvalue weighted by atomic mass is 9.62. The molecule has 0 spiro atoms. The van der Waals surface area contributed by atoms with Gasteiger partial charge in [-0.05, 0) is 67.3 Å². The zero-order valence-electron chi connectivity index (χ0n) is 24.0. The summed E-state index contributed by atoms with van der Waals surface area (Å²) in [6, 6.07) is 20.7. The van der Waals surface area contributed by atoms with Gasteiger partial charge in [-0.15, -0.1) is 0 Å². The number of aliphatic hydroxyl groups is 2. The summed E-state index contributed by atoms with van der Waals surface area (Å²) in [5, 5.41) is 42.6. The number of ether oxygens (including phenoxy) is 1. The van der Waals surface area contributed by atoms with Crippen LogP contribution in [-0.2, 0) is 4.74 Å². The van der Waals surface area contributed by atoms with Gasteiger partial charge in [-0.3, -0.25) is 0 Å². The number of nitrogens with one attached hydrogen (secondary N) is 4. The minimum atomic E-state index is -0.769. The van der Waals surface area contributed by atoms with E-state index in [1.807, 2.05) is 26.0 Å². The first-order valence-corrected chi connectivity index (χ1v) is 14.5. The number of aliphatic hydroxyl groups excluding tert-OH is 2. The number of benzene rings is 4. The summed E-state index contributed by atoms with van der Waals surface area (Å²) in [6.07, 6.45) is -1.54. The second-order valence-electron chi connectivity index (χ2n) is 12.3. The van der Waals surface area contributed by atoms with Crippen LogP contribution in [0.2, 0.25) is 0 Å². The fraction of sp³-hybridized carbons (Fsp3) is 0.353. The van der Waals surface area contributed by atoms with Crippen LogP contribution in [0.15, 0.2) is 72.8 Å². The molecule has 212 valence electrons. The van der Waals surface area contributed by atoms with Crippen molar-refractivity contribution < 1.29 is 14.9 Å². The Bertz CT molecular complexity index is 1710. The molecule has 1 saturated carbocycles. The van der Waals surface area contributed by atoms with Crippen molar-refractivity contribution in [3.8, 4) is 0 Å². The maximum Gasteiger partial charge on any atom is 0.129 e. The van der Waals surface area contributed by atoms with Crippen molar-refractivity contribution in [1.82, 2.24) is 0 Å². The molecular weight excluding hydrogens is 512 g/mol. The predicted molar refractivity (Wildman–Crippen MR) is 168 cm³/mol. The van der Waals surface area contributed by atoms with Crippen molar-refractivity contribution in [3.63, 3.8) is 0 Å². The highest BCUT2D eigenvalue weighted by atomic mass is 16.5. The molecule has 1 fully saturated rings. The van der Waals surface area contributed by atoms with Gasteiger partial charge < -0.3 is 36.2 Å². The molecule has 0 saturated heterocycles. The Morgan fingerprint density at radius 1 is 0.780 bits per heavy atom. The number of rotatable bonds is 6. The molecule has 4 aromatic rings. The fourth-order valence-corrected chi connectivity index (χ4v) is 7.01. The average molecular weight is 551 g/mol. The Morgan fingerprint density at radius 2 is 1.32 bits per heavy atom. The van der Waals surface area contributed by atoms with Crippen molar-refractivity contribution >= 4 is 44.3 Å². The Morgan fingerprint density at radius 3 is 1.85 bits per heavy atom. The van der Waals surface area contributed by atoms with Gasteiger partial charge in [0.2, 0.25) is 0 Å². The minimum Gasteiger partial charge on any atom is -0.392 e. The van der Waals surface area contributed by atoms with E-state index in [-0.39, 0.29) is 0 Å². The maximum atomic E-state index is 11.8. The monoisotopic (exact) mass is 550 g/mol. The van der Waals surface area contributed by atoms with Crippen LogP contribution in [0.4, 0.5) is 22.7 Å². The Hall–Kier alpha value is -3.78. The van der Waals surface area contributed by atoms with E-state index in [2.05, 4.69) is 90.2 Å². The minimum absolute atomic E-state index is 0.443. The summed E-state index contributed by atoms with van der Waals surface area (Å²) >= 11 is 0. The van der Waals surface area contributed by atoms with Gasteiger partial charge in [0.1, 0.15) is 11.3 Å². The molecule has 2 aliphatic heterocycles. The van der Waals surface area contributed by atoms with Crippen molar-refractivity contribution in [2.75, 3.05) is 34.5 Å². The Balaban J connectivity index is 1.30. The molecule has 2 heterocycles. The van der Waals surface area contributed by atoms with Crippen LogP contribution in [-0.4, -0.2) is 47.0 Å². The molecule has 0 radical (unpaired) electrons. The molecule has 4 atom stereocenters. The van der Waals surface area contributed by atoms with E-state index in [1.165, 1.54) is 0 Å². The molecule has 41 heavy (non-hydrogen) atoms. The van der Waals surface area contributed by atoms with Crippen LogP contribution in [0.25, 0.3) is 21.5 Å². The maximum absolute atomic E-state index is 11.8. The molecule has 6 N–H and O–H groups in total. The third-order valence-electron chi connectivity index (χ3n) is 9.37. The molecule has 4 unspecified atom stereocenters. The third kappa shape index (κ3) is 3.83. The Labute approximate surface area is 240 Å². The third-order valence-corrected chi connectivity index (χ3v) is 9.37. The molecular formula is C34H38N4O3. The van der Waals surface area contributed by atoms with Crippen LogP contribution in [0.1, 0.15) is 50.7 Å². The van der Waals surface area contributed by atoms with Crippen molar-refractivity contribution in [3.05, 3.63) is 83.9 Å². The lowest BCUT2D eigenvalue weighted by Crippen LogP contribution is -2.54. The highest BCUT2D eigenvalue weighted by Crippen LogP contribution is 2.55. The summed E-state index contributed by atoms with van der Waals surface area (Å²) in [5.41, 5.74) is 5.61. The Kier molecular flexibility index (Phi) is 5.81. The van der Waals surface area contributed by atoms with Gasteiger partial charge in [-0.1, -0.05) is 55.1 Å². The van der Waals surface area contributed by atoms with Gasteiger partial charge in [0.25, 0.3) is 0 Å². The molecule has 0 bridgehead atoms. The normalized spacial score (nSPS) is 29.6. The molecule has 4 aromatic carbocycles. The van der Waals surface area contributed by atoms with Crippen LogP contribution >= 0.6 is 0 Å². The summed E-state index contributed by atoms with van der Waals surface area (Å²) < 4.78 is 5.81. The van der Waals surface area contributed by atoms with Crippen molar-refractivity contribution in [2.45, 2.75) is 63.1 Å². The van der Waals surface area contributed by atoms with E-state index in [0.717, 1.165) is 61.0 Å². The fourth-order valence-electron chi connectivity index (χ4n) is 7.01. The summed E-state index contributed by atoms with van der Waals surface area (Å²) in [5.74, 6) is -0.885. The van der Waals surface area contributed by atoms with Crippen molar-refractivity contribution in [1.29, 1.82) is 0 Å². The van der Waals surface area contributed by atoms with Gasteiger partial charge in [0.05, 0.1) is 18.8 Å². The largest absolute Gasteiger partial charge is 0.392 e. The summed E-state index contributed by atoms with van der Waals surface area (Å²) in [6.45, 7) is 13.4. The molecule has 3 aliphatic rings. The zero-order chi connectivity index (χ0) is 28.7. The lowest BCUT2D eigenvalue weighted by Gasteiger charge is -2.50. The van der Waals surface area contributed by atoms with Gasteiger partial charge in [-0.25, -0.2) is 0 Å². The van der Waals surface area contributed by atoms with Gasteiger partial charge >= 0.3 is 0 Å². The lowest BCUT2D eigenvalue weighted by molar-refractivity contribution is -0.0780. The first-order chi connectivity index (χ1) is 19.6. The molecule has 7 rings (SSSR count). The topological polar surface area (TPSA) is 97.8 Å². The highest BCUT2D eigenvalue weighted by Gasteiger charge is 2.53. The standard InChI is InChI=1S/C34H38N4O3/c1-6-41-17-33(4)35-23-11-7-9-19-13-15-21(29(37-33)25(19)23)27-31(39)28(32(27)40)22-16-14-20-10-8-12-24-26(20)30(22)38-34(5,36-24)18(2)3/h7-16,27-28,31-32,35-40H,2,6,17H2,1,3-5H3. The van der Waals surface area contributed by atoms with Gasteiger partial charge in [-0.2, -0.15) is 0 Å². The van der Waals surface area contributed by atoms with Gasteiger partial charge in [0.15, 0.2) is 0 Å². The van der Waals surface area contributed by atoms with E-state index < -0.39 is 35.4 Å². The molecule has 7 heteroatoms. The van der Waals surface area contributed by atoms with Crippen LogP contribution in [0, 0.1) is 0 Å². The number of hydrogen-bond acceptors (Lipinski definition) is 7. The van der Waals surface area contributed by atoms with E-state index in [4.69, 9.17) is 4.74 Å². The van der Waals surface area contributed by atoms with Gasteiger partial charge in [0, 0.05) is 52.0 Å². The van der Waals surface area contributed by atoms with E-state index in [9.17, 15) is 10.2 Å². The molecule has 7 nitrogen and oxygen atoms in total. The number of hydrogen-bond donors (Lipinski definition) is 6. The molecule has 1 aliphatic carbocycles. The second kappa shape index (κ2) is 9.11. The SMILES string of the molecule is C=C(C)C1(C)Nc2cccc3ccc(C4C(O)C(c5ccc6cccc7c6c5NC(C)(COCC)N7)C4O)c(c23)N1. The van der Waals surface area contributed by atoms with E-state index in [1.54, 1.807) is 0 Å². The molecule has 0 amide bonds. The van der Waals surface area contributed by atoms with E-state index >= 15 is 0 Å². The average Bonchev–Trinajstić information content (AvgIpc) is 2.94. The summed E-state index contributed by atoms with van der Waals surface area (Å²) in [7, 11) is 0. The quantitative estimate of drug-likeness (QED) is 0.157. The molecule has 0 aromatic heterocycles. The first kappa shape index (κ1) is 26.1. The van der Waals surface area contributed by atoms with Crippen LogP contribution < -0.4 is 21.3 Å². The zero-order valence-corrected chi connectivity index (χ0v) is 24.0. The van der Waals surface area contributed by atoms with Crippen LogP contribution in [0.5, 0.6) is 0 Å². The van der Waals surface area contributed by atoms with Crippen molar-refractivity contribution in [2.24, 2.45) is 0 Å². The predicted octanol–water partition coefficient (Wildman–Crippen LogP) is 6.32. The second-order valence-corrected chi connectivity index (χ2v) is 12.3. The smallest absolute Gasteiger partial charge is 0.129 e. The van der Waals surface area contributed by atoms with E-state index in [0.29, 0.717) is 13.2 Å². The number of anilines is 4. The summed E-state index contributed by atoms with van der Waals surface area (Å²) in [4.78, 5) is 0. The van der Waals surface area contributed by atoms with Crippen LogP contribution in [0.3, 0.4) is 0 Å². The first-order valence-electron chi connectivity index (χ1n) is 14.5.